The Morgan fingerprint density at radius 3 is 3.07 bits per heavy atom. The SMILES string of the molecule is CC(=O)Nc1nc2ccc(O)cc2s1. The first-order valence-electron chi connectivity index (χ1n) is 4.02. The number of rotatable bonds is 1. The first-order chi connectivity index (χ1) is 6.65. The summed E-state index contributed by atoms with van der Waals surface area (Å²) in [5.74, 6) is 0.0591. The van der Waals surface area contributed by atoms with E-state index in [9.17, 15) is 9.90 Å². The molecule has 2 N–H and O–H groups in total. The van der Waals surface area contributed by atoms with E-state index in [-0.39, 0.29) is 11.7 Å². The van der Waals surface area contributed by atoms with Gasteiger partial charge in [-0.2, -0.15) is 0 Å². The van der Waals surface area contributed by atoms with Gasteiger partial charge in [-0.15, -0.1) is 0 Å². The summed E-state index contributed by atoms with van der Waals surface area (Å²) in [5.41, 5.74) is 0.775. The number of hydrogen-bond acceptors (Lipinski definition) is 4. The second-order valence-corrected chi connectivity index (χ2v) is 3.88. The Morgan fingerprint density at radius 1 is 1.57 bits per heavy atom. The van der Waals surface area contributed by atoms with E-state index in [1.807, 2.05) is 0 Å². The Bertz CT molecular complexity index is 493. The van der Waals surface area contributed by atoms with Crippen molar-refractivity contribution in [2.45, 2.75) is 6.92 Å². The molecular weight excluding hydrogens is 200 g/mol. The predicted octanol–water partition coefficient (Wildman–Crippen LogP) is 1.96. The highest BCUT2D eigenvalue weighted by Gasteiger charge is 2.04. The number of fused-ring (bicyclic) bond motifs is 1. The fraction of sp³-hybridized carbons (Fsp3) is 0.111. The van der Waals surface area contributed by atoms with Crippen molar-refractivity contribution in [3.8, 4) is 5.75 Å². The van der Waals surface area contributed by atoms with Gasteiger partial charge in [0.1, 0.15) is 5.75 Å². The van der Waals surface area contributed by atoms with Gasteiger partial charge in [-0.1, -0.05) is 11.3 Å². The molecule has 0 spiro atoms. The highest BCUT2D eigenvalue weighted by Crippen LogP contribution is 2.28. The van der Waals surface area contributed by atoms with Gasteiger partial charge in [0.25, 0.3) is 0 Å². The third-order valence-electron chi connectivity index (χ3n) is 1.65. The van der Waals surface area contributed by atoms with Crippen LogP contribution in [0.1, 0.15) is 6.92 Å². The fourth-order valence-corrected chi connectivity index (χ4v) is 2.06. The summed E-state index contributed by atoms with van der Waals surface area (Å²) in [6.45, 7) is 1.43. The number of phenolic OH excluding ortho intramolecular Hbond substituents is 1. The molecule has 5 heteroatoms. The molecule has 0 radical (unpaired) electrons. The number of benzene rings is 1. The van der Waals surface area contributed by atoms with Crippen LogP contribution in [0.2, 0.25) is 0 Å². The number of carbonyl (C=O) groups excluding carboxylic acids is 1. The molecule has 1 amide bonds. The molecule has 72 valence electrons. The Morgan fingerprint density at radius 2 is 2.36 bits per heavy atom. The second-order valence-electron chi connectivity index (χ2n) is 2.85. The average Bonchev–Trinajstić information content (AvgIpc) is 2.44. The topological polar surface area (TPSA) is 62.2 Å². The molecule has 0 saturated heterocycles. The minimum Gasteiger partial charge on any atom is -0.508 e. The quantitative estimate of drug-likeness (QED) is 0.753. The maximum Gasteiger partial charge on any atom is 0.223 e. The van der Waals surface area contributed by atoms with Crippen molar-refractivity contribution in [2.75, 3.05) is 5.32 Å². The van der Waals surface area contributed by atoms with Crippen molar-refractivity contribution in [1.82, 2.24) is 4.98 Å². The molecule has 1 aromatic heterocycles. The lowest BCUT2D eigenvalue weighted by molar-refractivity contribution is -0.114. The largest absolute Gasteiger partial charge is 0.508 e. The van der Waals surface area contributed by atoms with E-state index < -0.39 is 0 Å². The van der Waals surface area contributed by atoms with Crippen LogP contribution in [0.4, 0.5) is 5.13 Å². The number of aromatic nitrogens is 1. The van der Waals surface area contributed by atoms with Crippen molar-refractivity contribution >= 4 is 32.6 Å². The van der Waals surface area contributed by atoms with Crippen molar-refractivity contribution in [1.29, 1.82) is 0 Å². The van der Waals surface area contributed by atoms with Crippen LogP contribution in [-0.4, -0.2) is 16.0 Å². The lowest BCUT2D eigenvalue weighted by atomic mass is 10.3. The molecular formula is C9H8N2O2S. The molecule has 2 rings (SSSR count). The molecule has 0 aliphatic heterocycles. The Labute approximate surface area is 84.2 Å². The van der Waals surface area contributed by atoms with Crippen LogP contribution >= 0.6 is 11.3 Å². The van der Waals surface area contributed by atoms with Gasteiger partial charge >= 0.3 is 0 Å². The van der Waals surface area contributed by atoms with Crippen LogP contribution < -0.4 is 5.32 Å². The van der Waals surface area contributed by atoms with E-state index in [4.69, 9.17) is 0 Å². The van der Waals surface area contributed by atoms with Crippen molar-refractivity contribution in [3.05, 3.63) is 18.2 Å². The van der Waals surface area contributed by atoms with Crippen LogP contribution in [0.3, 0.4) is 0 Å². The Hall–Kier alpha value is -1.62. The minimum absolute atomic E-state index is 0.145. The van der Waals surface area contributed by atoms with Gasteiger partial charge in [0.15, 0.2) is 5.13 Å². The summed E-state index contributed by atoms with van der Waals surface area (Å²) >= 11 is 1.34. The van der Waals surface area contributed by atoms with Crippen molar-refractivity contribution in [3.63, 3.8) is 0 Å². The standard InChI is InChI=1S/C9H8N2O2S/c1-5(12)10-9-11-7-3-2-6(13)4-8(7)14-9/h2-4,13H,1H3,(H,10,11,12). The fourth-order valence-electron chi connectivity index (χ4n) is 1.12. The van der Waals surface area contributed by atoms with Gasteiger partial charge in [0.05, 0.1) is 10.2 Å². The highest BCUT2D eigenvalue weighted by molar-refractivity contribution is 7.22. The zero-order valence-corrected chi connectivity index (χ0v) is 8.26. The molecule has 0 unspecified atom stereocenters. The summed E-state index contributed by atoms with van der Waals surface area (Å²) in [4.78, 5) is 14.9. The van der Waals surface area contributed by atoms with E-state index in [0.29, 0.717) is 5.13 Å². The maximum absolute atomic E-state index is 10.8. The number of aromatic hydroxyl groups is 1. The van der Waals surface area contributed by atoms with E-state index in [1.165, 1.54) is 18.3 Å². The summed E-state index contributed by atoms with van der Waals surface area (Å²) in [6.07, 6.45) is 0. The number of nitrogens with one attached hydrogen (secondary N) is 1. The molecule has 0 aliphatic rings. The lowest BCUT2D eigenvalue weighted by Gasteiger charge is -1.91. The number of anilines is 1. The minimum atomic E-state index is -0.145. The van der Waals surface area contributed by atoms with Crippen LogP contribution in [0.5, 0.6) is 5.75 Å². The normalized spacial score (nSPS) is 10.4. The summed E-state index contributed by atoms with van der Waals surface area (Å²) in [6, 6.07) is 4.91. The smallest absolute Gasteiger partial charge is 0.223 e. The highest BCUT2D eigenvalue weighted by atomic mass is 32.1. The zero-order chi connectivity index (χ0) is 10.1. The molecule has 2 aromatic rings. The van der Waals surface area contributed by atoms with E-state index in [2.05, 4.69) is 10.3 Å². The van der Waals surface area contributed by atoms with Crippen LogP contribution in [-0.2, 0) is 4.79 Å². The van der Waals surface area contributed by atoms with E-state index in [1.54, 1.807) is 18.2 Å². The van der Waals surface area contributed by atoms with Crippen LogP contribution in [0.25, 0.3) is 10.2 Å². The number of hydrogen-bond donors (Lipinski definition) is 2. The van der Waals surface area contributed by atoms with Crippen molar-refractivity contribution in [2.24, 2.45) is 0 Å². The van der Waals surface area contributed by atoms with Gasteiger partial charge in [-0.3, -0.25) is 4.79 Å². The van der Waals surface area contributed by atoms with E-state index >= 15 is 0 Å². The lowest BCUT2D eigenvalue weighted by Crippen LogP contribution is -2.04. The van der Waals surface area contributed by atoms with Gasteiger partial charge in [0.2, 0.25) is 5.91 Å². The average molecular weight is 208 g/mol. The Balaban J connectivity index is 2.46. The summed E-state index contributed by atoms with van der Waals surface area (Å²) < 4.78 is 0.855. The first-order valence-corrected chi connectivity index (χ1v) is 4.84. The number of nitrogens with zero attached hydrogens (tertiary/aromatic N) is 1. The van der Waals surface area contributed by atoms with Gasteiger partial charge < -0.3 is 10.4 Å². The predicted molar refractivity (Wildman–Crippen MR) is 55.6 cm³/mol. The summed E-state index contributed by atoms with van der Waals surface area (Å²) in [7, 11) is 0. The van der Waals surface area contributed by atoms with Crippen molar-refractivity contribution < 1.29 is 9.90 Å². The van der Waals surface area contributed by atoms with Gasteiger partial charge in [0, 0.05) is 6.92 Å². The molecule has 0 bridgehead atoms. The van der Waals surface area contributed by atoms with Gasteiger partial charge in [-0.25, -0.2) is 4.98 Å². The Kier molecular flexibility index (Phi) is 2.09. The first kappa shape index (κ1) is 8.96. The molecule has 1 aromatic carbocycles. The zero-order valence-electron chi connectivity index (χ0n) is 7.44. The number of phenols is 1. The second kappa shape index (κ2) is 3.26. The third-order valence-corrected chi connectivity index (χ3v) is 2.59. The molecule has 14 heavy (non-hydrogen) atoms. The number of thiazole rings is 1. The molecule has 0 saturated carbocycles. The van der Waals surface area contributed by atoms with Crippen LogP contribution in [0.15, 0.2) is 18.2 Å². The molecule has 1 heterocycles. The monoisotopic (exact) mass is 208 g/mol. The molecule has 4 nitrogen and oxygen atoms in total. The van der Waals surface area contributed by atoms with E-state index in [0.717, 1.165) is 10.2 Å². The number of carbonyl (C=O) groups is 1. The van der Waals surface area contributed by atoms with Gasteiger partial charge in [-0.05, 0) is 18.2 Å². The molecule has 0 atom stereocenters. The molecule has 0 aliphatic carbocycles. The molecule has 0 fully saturated rings. The number of amides is 1. The third kappa shape index (κ3) is 1.67. The van der Waals surface area contributed by atoms with Crippen LogP contribution in [0, 0.1) is 0 Å². The summed E-state index contributed by atoms with van der Waals surface area (Å²) in [5, 5.41) is 12.4. The maximum atomic E-state index is 10.8.